The molecule has 1 aromatic carbocycles. The van der Waals surface area contributed by atoms with E-state index in [9.17, 15) is 4.79 Å². The number of nitriles is 1. The highest BCUT2D eigenvalue weighted by molar-refractivity contribution is 9.10. The lowest BCUT2D eigenvalue weighted by Gasteiger charge is -2.33. The molecule has 0 amide bonds. The number of carbonyl (C=O) groups is 1. The number of nitrogens with zero attached hydrogens (tertiary/aromatic N) is 2. The third-order valence-corrected chi connectivity index (χ3v) is 3.26. The highest BCUT2D eigenvalue weighted by Crippen LogP contribution is 2.26. The number of carboxylic acid groups (broad SMARTS) is 1. The van der Waals surface area contributed by atoms with Crippen molar-refractivity contribution in [3.05, 3.63) is 28.2 Å². The summed E-state index contributed by atoms with van der Waals surface area (Å²) in [7, 11) is 0. The van der Waals surface area contributed by atoms with Crippen molar-refractivity contribution in [3.63, 3.8) is 0 Å². The van der Waals surface area contributed by atoms with Gasteiger partial charge in [0.1, 0.15) is 6.07 Å². The van der Waals surface area contributed by atoms with Crippen LogP contribution in [0.4, 0.5) is 5.69 Å². The molecule has 0 bridgehead atoms. The maximum Gasteiger partial charge on any atom is 0.334 e. The van der Waals surface area contributed by atoms with Gasteiger partial charge in [0.2, 0.25) is 0 Å². The number of morpholine rings is 1. The van der Waals surface area contributed by atoms with Crippen LogP contribution in [-0.2, 0) is 9.53 Å². The summed E-state index contributed by atoms with van der Waals surface area (Å²) in [4.78, 5) is 12.8. The normalized spacial score (nSPS) is 19.3. The smallest absolute Gasteiger partial charge is 0.334 e. The third-order valence-electron chi connectivity index (χ3n) is 2.76. The summed E-state index contributed by atoms with van der Waals surface area (Å²) in [5.74, 6) is -0.979. The molecule has 0 radical (unpaired) electrons. The maximum atomic E-state index is 10.9. The summed E-state index contributed by atoms with van der Waals surface area (Å²) in [5.41, 5.74) is 1.27. The van der Waals surface area contributed by atoms with Gasteiger partial charge in [-0.2, -0.15) is 5.26 Å². The molecule has 1 N–H and O–H groups in total. The molecule has 0 aliphatic carbocycles. The van der Waals surface area contributed by atoms with Crippen LogP contribution in [0.1, 0.15) is 5.56 Å². The summed E-state index contributed by atoms with van der Waals surface area (Å²) in [5, 5.41) is 18.0. The van der Waals surface area contributed by atoms with Gasteiger partial charge in [0.15, 0.2) is 6.10 Å². The summed E-state index contributed by atoms with van der Waals surface area (Å²) < 4.78 is 6.02. The topological polar surface area (TPSA) is 73.6 Å². The van der Waals surface area contributed by atoms with Crippen LogP contribution in [-0.4, -0.2) is 36.9 Å². The number of anilines is 1. The molecule has 1 saturated heterocycles. The minimum atomic E-state index is -0.979. The van der Waals surface area contributed by atoms with Crippen molar-refractivity contribution in [1.29, 1.82) is 5.26 Å². The van der Waals surface area contributed by atoms with Crippen molar-refractivity contribution in [3.8, 4) is 6.07 Å². The van der Waals surface area contributed by atoms with E-state index >= 15 is 0 Å². The van der Waals surface area contributed by atoms with E-state index in [2.05, 4.69) is 22.0 Å². The second-order valence-corrected chi connectivity index (χ2v) is 4.83. The Morgan fingerprint density at radius 3 is 3.06 bits per heavy atom. The molecule has 1 unspecified atom stereocenters. The Morgan fingerprint density at radius 1 is 1.61 bits per heavy atom. The van der Waals surface area contributed by atoms with Crippen molar-refractivity contribution < 1.29 is 14.6 Å². The lowest BCUT2D eigenvalue weighted by molar-refractivity contribution is -0.150. The Hall–Kier alpha value is -1.58. The van der Waals surface area contributed by atoms with Crippen LogP contribution in [0.15, 0.2) is 22.7 Å². The maximum absolute atomic E-state index is 10.9. The summed E-state index contributed by atoms with van der Waals surface area (Å²) >= 11 is 3.35. The number of carboxylic acids is 1. The number of benzene rings is 1. The number of aliphatic carboxylic acids is 1. The first kappa shape index (κ1) is 12.9. The molecule has 5 nitrogen and oxygen atoms in total. The average molecular weight is 311 g/mol. The Labute approximate surface area is 113 Å². The number of hydrogen-bond donors (Lipinski definition) is 1. The molecular weight excluding hydrogens is 300 g/mol. The Balaban J connectivity index is 2.28. The number of rotatable bonds is 2. The predicted octanol–water partition coefficient (Wildman–Crippen LogP) is 1.61. The average Bonchev–Trinajstić information content (AvgIpc) is 2.39. The molecule has 1 heterocycles. The fraction of sp³-hybridized carbons (Fsp3) is 0.333. The van der Waals surface area contributed by atoms with Crippen LogP contribution < -0.4 is 4.90 Å². The fourth-order valence-electron chi connectivity index (χ4n) is 1.88. The first-order valence-electron chi connectivity index (χ1n) is 5.41. The second kappa shape index (κ2) is 5.38. The number of ether oxygens (including phenoxy) is 1. The van der Waals surface area contributed by atoms with Crippen molar-refractivity contribution in [2.24, 2.45) is 0 Å². The molecule has 94 valence electrons. The predicted molar refractivity (Wildman–Crippen MR) is 68.4 cm³/mol. The van der Waals surface area contributed by atoms with Crippen LogP contribution in [0.5, 0.6) is 0 Å². The van der Waals surface area contributed by atoms with E-state index in [1.165, 1.54) is 0 Å². The van der Waals surface area contributed by atoms with E-state index in [1.54, 1.807) is 12.1 Å². The minimum absolute atomic E-state index is 0.250. The molecule has 1 fully saturated rings. The molecule has 6 heteroatoms. The molecular formula is C12H11BrN2O3. The lowest BCUT2D eigenvalue weighted by atomic mass is 10.1. The van der Waals surface area contributed by atoms with Gasteiger partial charge in [-0.1, -0.05) is 15.9 Å². The van der Waals surface area contributed by atoms with E-state index in [1.807, 2.05) is 11.0 Å². The summed E-state index contributed by atoms with van der Waals surface area (Å²) in [6.07, 6.45) is -0.843. The minimum Gasteiger partial charge on any atom is -0.479 e. The quantitative estimate of drug-likeness (QED) is 0.898. The van der Waals surface area contributed by atoms with Crippen LogP contribution >= 0.6 is 15.9 Å². The lowest BCUT2D eigenvalue weighted by Crippen LogP contribution is -2.46. The van der Waals surface area contributed by atoms with Gasteiger partial charge >= 0.3 is 5.97 Å². The molecule has 0 saturated carbocycles. The Kier molecular flexibility index (Phi) is 3.84. The Bertz CT molecular complexity index is 513. The van der Waals surface area contributed by atoms with Gasteiger partial charge in [-0.25, -0.2) is 4.79 Å². The van der Waals surface area contributed by atoms with Gasteiger partial charge in [-0.15, -0.1) is 0 Å². The van der Waals surface area contributed by atoms with Crippen molar-refractivity contribution in [2.75, 3.05) is 24.6 Å². The van der Waals surface area contributed by atoms with Gasteiger partial charge in [0.25, 0.3) is 0 Å². The molecule has 0 aromatic heterocycles. The molecule has 1 aliphatic heterocycles. The largest absolute Gasteiger partial charge is 0.479 e. The molecule has 2 rings (SSSR count). The van der Waals surface area contributed by atoms with E-state index in [-0.39, 0.29) is 6.54 Å². The monoisotopic (exact) mass is 310 g/mol. The summed E-state index contributed by atoms with van der Waals surface area (Å²) in [6, 6.07) is 7.44. The van der Waals surface area contributed by atoms with Crippen LogP contribution in [0.25, 0.3) is 0 Å². The van der Waals surface area contributed by atoms with Gasteiger partial charge in [-0.05, 0) is 18.2 Å². The van der Waals surface area contributed by atoms with Gasteiger partial charge in [-0.3, -0.25) is 0 Å². The van der Waals surface area contributed by atoms with Gasteiger partial charge < -0.3 is 14.7 Å². The van der Waals surface area contributed by atoms with E-state index < -0.39 is 12.1 Å². The highest BCUT2D eigenvalue weighted by Gasteiger charge is 2.27. The molecule has 1 atom stereocenters. The van der Waals surface area contributed by atoms with Gasteiger partial charge in [0.05, 0.1) is 24.4 Å². The fourth-order valence-corrected chi connectivity index (χ4v) is 2.23. The van der Waals surface area contributed by atoms with Crippen LogP contribution in [0.3, 0.4) is 0 Å². The molecule has 0 spiro atoms. The molecule has 18 heavy (non-hydrogen) atoms. The van der Waals surface area contributed by atoms with Crippen molar-refractivity contribution in [1.82, 2.24) is 0 Å². The molecule has 1 aliphatic rings. The molecule has 1 aromatic rings. The Morgan fingerprint density at radius 2 is 2.39 bits per heavy atom. The standard InChI is InChI=1S/C12H11BrN2O3/c13-9-2-1-8(6-14)10(5-9)15-3-4-18-11(7-15)12(16)17/h1-2,5,11H,3-4,7H2,(H,16,17). The van der Waals surface area contributed by atoms with Crippen molar-refractivity contribution in [2.45, 2.75) is 6.10 Å². The number of halogens is 1. The zero-order valence-electron chi connectivity index (χ0n) is 9.47. The third kappa shape index (κ3) is 2.63. The summed E-state index contributed by atoms with van der Waals surface area (Å²) in [6.45, 7) is 1.17. The SMILES string of the molecule is N#Cc1ccc(Br)cc1N1CCOC(C(=O)O)C1. The van der Waals surface area contributed by atoms with Gasteiger partial charge in [0, 0.05) is 11.0 Å². The first-order valence-corrected chi connectivity index (χ1v) is 6.20. The highest BCUT2D eigenvalue weighted by atomic mass is 79.9. The van der Waals surface area contributed by atoms with Crippen LogP contribution in [0.2, 0.25) is 0 Å². The van der Waals surface area contributed by atoms with Crippen LogP contribution in [0, 0.1) is 11.3 Å². The van der Waals surface area contributed by atoms with E-state index in [4.69, 9.17) is 15.1 Å². The first-order chi connectivity index (χ1) is 8.61. The zero-order chi connectivity index (χ0) is 13.1. The number of hydrogen-bond acceptors (Lipinski definition) is 4. The van der Waals surface area contributed by atoms with E-state index in [0.29, 0.717) is 18.7 Å². The zero-order valence-corrected chi connectivity index (χ0v) is 11.1. The van der Waals surface area contributed by atoms with Crippen molar-refractivity contribution >= 4 is 27.6 Å². The second-order valence-electron chi connectivity index (χ2n) is 3.92. The van der Waals surface area contributed by atoms with E-state index in [0.717, 1.165) is 10.2 Å².